The van der Waals surface area contributed by atoms with Crippen LogP contribution in [0.15, 0.2) is 152 Å². The maximum atomic E-state index is 5.13. The molecule has 0 fully saturated rings. The molecular formula is C39H25N3. The highest BCUT2D eigenvalue weighted by atomic mass is 15.0. The molecule has 0 aliphatic rings. The van der Waals surface area contributed by atoms with Crippen LogP contribution in [0.25, 0.3) is 77.6 Å². The Morgan fingerprint density at radius 2 is 0.667 bits per heavy atom. The van der Waals surface area contributed by atoms with Gasteiger partial charge in [0.2, 0.25) is 0 Å². The lowest BCUT2D eigenvalue weighted by molar-refractivity contribution is 1.08. The van der Waals surface area contributed by atoms with Gasteiger partial charge in [0.15, 0.2) is 17.5 Å². The van der Waals surface area contributed by atoms with Gasteiger partial charge < -0.3 is 0 Å². The first-order chi connectivity index (χ1) is 20.8. The molecule has 0 bridgehead atoms. The Morgan fingerprint density at radius 1 is 0.262 bits per heavy atom. The molecule has 0 saturated heterocycles. The van der Waals surface area contributed by atoms with Crippen LogP contribution in [0.5, 0.6) is 0 Å². The average Bonchev–Trinajstić information content (AvgIpc) is 3.07. The van der Waals surface area contributed by atoms with Gasteiger partial charge in [-0.1, -0.05) is 146 Å². The van der Waals surface area contributed by atoms with E-state index in [0.717, 1.165) is 32.8 Å². The van der Waals surface area contributed by atoms with Gasteiger partial charge in [-0.3, -0.25) is 0 Å². The van der Waals surface area contributed by atoms with Crippen molar-refractivity contribution in [2.45, 2.75) is 0 Å². The Kier molecular flexibility index (Phi) is 5.79. The summed E-state index contributed by atoms with van der Waals surface area (Å²) in [5.74, 6) is 1.98. The standard InChI is InChI=1S/C39H25N3/c1-2-14-28(15-3-1)37-40-38(35-23-11-17-27-13-5-7-19-30(27)35)42-39(41-37)36-25-24-34(32-20-8-9-21-33(32)36)31-22-10-16-26-12-4-6-18-29(26)31/h1-25H. The maximum absolute atomic E-state index is 5.13. The second-order valence-corrected chi connectivity index (χ2v) is 10.4. The first kappa shape index (κ1) is 24.2. The Hall–Kier alpha value is -5.67. The number of nitrogens with zero attached hydrogens (tertiary/aromatic N) is 3. The highest BCUT2D eigenvalue weighted by Gasteiger charge is 2.17. The van der Waals surface area contributed by atoms with E-state index in [2.05, 4.69) is 121 Å². The number of hydrogen-bond acceptors (Lipinski definition) is 3. The second kappa shape index (κ2) is 10.1. The van der Waals surface area contributed by atoms with Gasteiger partial charge >= 0.3 is 0 Å². The van der Waals surface area contributed by atoms with Crippen LogP contribution in [0, 0.1) is 0 Å². The molecule has 3 nitrogen and oxygen atoms in total. The molecule has 1 aromatic heterocycles. The van der Waals surface area contributed by atoms with E-state index in [1.807, 2.05) is 30.3 Å². The molecule has 196 valence electrons. The molecule has 0 aliphatic carbocycles. The van der Waals surface area contributed by atoms with Crippen molar-refractivity contribution >= 4 is 32.3 Å². The smallest absolute Gasteiger partial charge is 0.164 e. The Labute approximate surface area is 243 Å². The minimum Gasteiger partial charge on any atom is -0.208 e. The van der Waals surface area contributed by atoms with E-state index in [-0.39, 0.29) is 0 Å². The molecule has 8 aromatic rings. The van der Waals surface area contributed by atoms with Crippen molar-refractivity contribution in [1.29, 1.82) is 0 Å². The number of fused-ring (bicyclic) bond motifs is 3. The Balaban J connectivity index is 1.38. The molecule has 1 heterocycles. The zero-order chi connectivity index (χ0) is 27.9. The summed E-state index contributed by atoms with van der Waals surface area (Å²) >= 11 is 0. The van der Waals surface area contributed by atoms with Gasteiger partial charge in [0.1, 0.15) is 0 Å². The normalized spacial score (nSPS) is 11.3. The fourth-order valence-electron chi connectivity index (χ4n) is 5.94. The summed E-state index contributed by atoms with van der Waals surface area (Å²) in [5.41, 5.74) is 5.34. The monoisotopic (exact) mass is 535 g/mol. The molecule has 0 saturated carbocycles. The van der Waals surface area contributed by atoms with Gasteiger partial charge in [-0.05, 0) is 49.5 Å². The third kappa shape index (κ3) is 4.11. The molecule has 3 heteroatoms. The van der Waals surface area contributed by atoms with Crippen molar-refractivity contribution in [2.75, 3.05) is 0 Å². The lowest BCUT2D eigenvalue weighted by Gasteiger charge is -2.14. The number of aromatic nitrogens is 3. The Morgan fingerprint density at radius 3 is 1.33 bits per heavy atom. The largest absolute Gasteiger partial charge is 0.208 e. The number of hydrogen-bond donors (Lipinski definition) is 0. The highest BCUT2D eigenvalue weighted by Crippen LogP contribution is 2.38. The molecule has 8 rings (SSSR count). The van der Waals surface area contributed by atoms with Crippen molar-refractivity contribution in [3.05, 3.63) is 152 Å². The molecule has 0 radical (unpaired) electrons. The van der Waals surface area contributed by atoms with E-state index < -0.39 is 0 Å². The zero-order valence-corrected chi connectivity index (χ0v) is 22.8. The van der Waals surface area contributed by atoms with Crippen LogP contribution in [0.1, 0.15) is 0 Å². The van der Waals surface area contributed by atoms with Crippen molar-refractivity contribution in [3.8, 4) is 45.3 Å². The predicted molar refractivity (Wildman–Crippen MR) is 174 cm³/mol. The van der Waals surface area contributed by atoms with E-state index in [9.17, 15) is 0 Å². The minimum absolute atomic E-state index is 0.658. The lowest BCUT2D eigenvalue weighted by atomic mass is 9.92. The van der Waals surface area contributed by atoms with Crippen LogP contribution in [0.4, 0.5) is 0 Å². The van der Waals surface area contributed by atoms with Crippen LogP contribution in [0.2, 0.25) is 0 Å². The summed E-state index contributed by atoms with van der Waals surface area (Å²) in [5, 5.41) is 7.02. The topological polar surface area (TPSA) is 38.7 Å². The molecule has 0 atom stereocenters. The second-order valence-electron chi connectivity index (χ2n) is 10.4. The Bertz CT molecular complexity index is 2240. The molecule has 7 aromatic carbocycles. The molecule has 0 N–H and O–H groups in total. The van der Waals surface area contributed by atoms with E-state index in [1.54, 1.807) is 0 Å². The quantitative estimate of drug-likeness (QED) is 0.225. The highest BCUT2D eigenvalue weighted by molar-refractivity contribution is 6.09. The predicted octanol–water partition coefficient (Wildman–Crippen LogP) is 10.00. The van der Waals surface area contributed by atoms with Crippen LogP contribution in [-0.2, 0) is 0 Å². The van der Waals surface area contributed by atoms with E-state index >= 15 is 0 Å². The van der Waals surface area contributed by atoms with Gasteiger partial charge in [0.25, 0.3) is 0 Å². The van der Waals surface area contributed by atoms with Crippen LogP contribution in [-0.4, -0.2) is 15.0 Å². The number of benzene rings is 7. The molecule has 0 amide bonds. The fraction of sp³-hybridized carbons (Fsp3) is 0. The summed E-state index contributed by atoms with van der Waals surface area (Å²) in [7, 11) is 0. The zero-order valence-electron chi connectivity index (χ0n) is 22.8. The summed E-state index contributed by atoms with van der Waals surface area (Å²) in [6, 6.07) is 52.8. The lowest BCUT2D eigenvalue weighted by Crippen LogP contribution is -2.01. The third-order valence-electron chi connectivity index (χ3n) is 7.94. The fourth-order valence-corrected chi connectivity index (χ4v) is 5.94. The van der Waals surface area contributed by atoms with Gasteiger partial charge in [0.05, 0.1) is 0 Å². The van der Waals surface area contributed by atoms with Gasteiger partial charge in [0, 0.05) is 16.7 Å². The van der Waals surface area contributed by atoms with Gasteiger partial charge in [-0.15, -0.1) is 0 Å². The van der Waals surface area contributed by atoms with E-state index in [4.69, 9.17) is 15.0 Å². The molecular weight excluding hydrogens is 510 g/mol. The van der Waals surface area contributed by atoms with E-state index in [0.29, 0.717) is 17.5 Å². The van der Waals surface area contributed by atoms with Crippen molar-refractivity contribution in [1.82, 2.24) is 15.0 Å². The van der Waals surface area contributed by atoms with Crippen LogP contribution < -0.4 is 0 Å². The maximum Gasteiger partial charge on any atom is 0.164 e. The molecule has 42 heavy (non-hydrogen) atoms. The summed E-state index contributed by atoms with van der Waals surface area (Å²) in [4.78, 5) is 15.2. The minimum atomic E-state index is 0.658. The summed E-state index contributed by atoms with van der Waals surface area (Å²) in [6.07, 6.45) is 0. The number of rotatable bonds is 4. The van der Waals surface area contributed by atoms with Crippen molar-refractivity contribution in [3.63, 3.8) is 0 Å². The first-order valence-electron chi connectivity index (χ1n) is 14.1. The summed E-state index contributed by atoms with van der Waals surface area (Å²) in [6.45, 7) is 0. The molecule has 0 aliphatic heterocycles. The average molecular weight is 536 g/mol. The molecule has 0 unspecified atom stereocenters. The van der Waals surface area contributed by atoms with Crippen LogP contribution >= 0.6 is 0 Å². The van der Waals surface area contributed by atoms with Gasteiger partial charge in [-0.25, -0.2) is 15.0 Å². The molecule has 0 spiro atoms. The van der Waals surface area contributed by atoms with E-state index in [1.165, 1.54) is 27.3 Å². The first-order valence-corrected chi connectivity index (χ1v) is 14.1. The van der Waals surface area contributed by atoms with Crippen molar-refractivity contribution in [2.24, 2.45) is 0 Å². The van der Waals surface area contributed by atoms with Crippen molar-refractivity contribution < 1.29 is 0 Å². The third-order valence-corrected chi connectivity index (χ3v) is 7.94. The summed E-state index contributed by atoms with van der Waals surface area (Å²) < 4.78 is 0. The SMILES string of the molecule is c1ccc(-c2nc(-c3cccc4ccccc34)nc(-c3ccc(-c4cccc5ccccc45)c4ccccc34)n2)cc1. The van der Waals surface area contributed by atoms with Crippen LogP contribution in [0.3, 0.4) is 0 Å². The van der Waals surface area contributed by atoms with Gasteiger partial charge in [-0.2, -0.15) is 0 Å².